The van der Waals surface area contributed by atoms with Crippen LogP contribution in [0.1, 0.15) is 35.8 Å². The van der Waals surface area contributed by atoms with Crippen LogP contribution in [0.15, 0.2) is 0 Å². The predicted octanol–water partition coefficient (Wildman–Crippen LogP) is 0.867. The van der Waals surface area contributed by atoms with E-state index in [0.717, 1.165) is 58.1 Å². The van der Waals surface area contributed by atoms with Crippen LogP contribution in [-0.2, 0) is 11.8 Å². The largest absolute Gasteiger partial charge is 0.390 e. The first-order valence-electron chi connectivity index (χ1n) is 8.78. The number of likely N-dealkylation sites (tertiary alicyclic amines) is 1. The Morgan fingerprint density at radius 2 is 1.96 bits per heavy atom. The Balaban J connectivity index is 1.62. The lowest BCUT2D eigenvalue weighted by molar-refractivity contribution is 0.00581. The molecule has 0 unspecified atom stereocenters. The van der Waals surface area contributed by atoms with Crippen LogP contribution in [-0.4, -0.2) is 76.7 Å². The summed E-state index contributed by atoms with van der Waals surface area (Å²) in [5.41, 5.74) is 3.75. The molecule has 1 aromatic rings. The first-order chi connectivity index (χ1) is 11.1. The Morgan fingerprint density at radius 3 is 2.61 bits per heavy atom. The van der Waals surface area contributed by atoms with Crippen LogP contribution < -0.4 is 0 Å². The standard InChI is InChI=1S/C17H30N4O2/c1-13-17(14(2)19(3)18-13)16-5-4-6-21(16)12-15(22)11-20-7-9-23-10-8-20/h15-16,22H,4-12H2,1-3H3/t15-,16+/m1/s1. The number of morpholine rings is 1. The maximum absolute atomic E-state index is 10.5. The van der Waals surface area contributed by atoms with Crippen molar-refractivity contribution >= 4 is 0 Å². The number of rotatable bonds is 5. The van der Waals surface area contributed by atoms with Gasteiger partial charge in [0.25, 0.3) is 0 Å². The highest BCUT2D eigenvalue weighted by molar-refractivity contribution is 5.29. The van der Waals surface area contributed by atoms with Gasteiger partial charge in [0.05, 0.1) is 25.0 Å². The highest BCUT2D eigenvalue weighted by atomic mass is 16.5. The highest BCUT2D eigenvalue weighted by Gasteiger charge is 2.31. The van der Waals surface area contributed by atoms with E-state index in [1.54, 1.807) is 0 Å². The second-order valence-corrected chi connectivity index (χ2v) is 6.93. The number of aliphatic hydroxyl groups excluding tert-OH is 1. The number of hydrogen-bond donors (Lipinski definition) is 1. The van der Waals surface area contributed by atoms with Gasteiger partial charge < -0.3 is 9.84 Å². The van der Waals surface area contributed by atoms with Crippen LogP contribution in [0.2, 0.25) is 0 Å². The van der Waals surface area contributed by atoms with Crippen molar-refractivity contribution in [3.63, 3.8) is 0 Å². The summed E-state index contributed by atoms with van der Waals surface area (Å²) in [5, 5.41) is 15.1. The summed E-state index contributed by atoms with van der Waals surface area (Å²) < 4.78 is 7.35. The summed E-state index contributed by atoms with van der Waals surface area (Å²) >= 11 is 0. The lowest BCUT2D eigenvalue weighted by Gasteiger charge is -2.32. The molecule has 2 aliphatic rings. The van der Waals surface area contributed by atoms with Crippen molar-refractivity contribution in [2.24, 2.45) is 7.05 Å². The van der Waals surface area contributed by atoms with Gasteiger partial charge >= 0.3 is 0 Å². The molecule has 0 spiro atoms. The van der Waals surface area contributed by atoms with Gasteiger partial charge in [0.1, 0.15) is 0 Å². The van der Waals surface area contributed by atoms with Crippen LogP contribution >= 0.6 is 0 Å². The lowest BCUT2D eigenvalue weighted by Crippen LogP contribution is -2.44. The predicted molar refractivity (Wildman–Crippen MR) is 89.5 cm³/mol. The molecule has 0 saturated carbocycles. The molecule has 6 heteroatoms. The number of aromatic nitrogens is 2. The monoisotopic (exact) mass is 322 g/mol. The smallest absolute Gasteiger partial charge is 0.0794 e. The number of nitrogens with zero attached hydrogens (tertiary/aromatic N) is 4. The van der Waals surface area contributed by atoms with E-state index in [9.17, 15) is 5.11 Å². The molecule has 0 radical (unpaired) electrons. The molecule has 0 bridgehead atoms. The normalized spacial score (nSPS) is 25.1. The summed E-state index contributed by atoms with van der Waals surface area (Å²) in [4.78, 5) is 4.75. The lowest BCUT2D eigenvalue weighted by atomic mass is 10.0. The molecule has 0 amide bonds. The highest BCUT2D eigenvalue weighted by Crippen LogP contribution is 2.35. The summed E-state index contributed by atoms with van der Waals surface area (Å²) in [6.07, 6.45) is 2.06. The fourth-order valence-corrected chi connectivity index (χ4v) is 4.05. The van der Waals surface area contributed by atoms with Gasteiger partial charge in [-0.1, -0.05) is 0 Å². The van der Waals surface area contributed by atoms with E-state index in [-0.39, 0.29) is 6.10 Å². The van der Waals surface area contributed by atoms with Gasteiger partial charge in [0.2, 0.25) is 0 Å². The number of hydrogen-bond acceptors (Lipinski definition) is 5. The second-order valence-electron chi connectivity index (χ2n) is 6.93. The van der Waals surface area contributed by atoms with Gasteiger partial charge in [0.15, 0.2) is 0 Å². The maximum Gasteiger partial charge on any atom is 0.0794 e. The summed E-state index contributed by atoms with van der Waals surface area (Å²) in [6.45, 7) is 10.2. The van der Waals surface area contributed by atoms with Gasteiger partial charge in [0, 0.05) is 50.5 Å². The first kappa shape index (κ1) is 16.9. The Labute approximate surface area is 139 Å². The molecule has 1 N–H and O–H groups in total. The van der Waals surface area contributed by atoms with Gasteiger partial charge in [-0.3, -0.25) is 14.5 Å². The molecule has 2 fully saturated rings. The average Bonchev–Trinajstić information content (AvgIpc) is 3.05. The molecule has 6 nitrogen and oxygen atoms in total. The zero-order valence-electron chi connectivity index (χ0n) is 14.7. The molecule has 2 atom stereocenters. The van der Waals surface area contributed by atoms with E-state index in [1.807, 2.05) is 11.7 Å². The topological polar surface area (TPSA) is 53.8 Å². The van der Waals surface area contributed by atoms with Crippen LogP contribution in [0.4, 0.5) is 0 Å². The van der Waals surface area contributed by atoms with Crippen molar-refractivity contribution in [2.45, 2.75) is 38.8 Å². The van der Waals surface area contributed by atoms with E-state index in [2.05, 4.69) is 28.7 Å². The average molecular weight is 322 g/mol. The Kier molecular flexibility index (Phi) is 5.36. The first-order valence-corrected chi connectivity index (χ1v) is 8.78. The molecule has 130 valence electrons. The molecule has 2 saturated heterocycles. The molecular formula is C17H30N4O2. The maximum atomic E-state index is 10.5. The Morgan fingerprint density at radius 1 is 1.22 bits per heavy atom. The molecular weight excluding hydrogens is 292 g/mol. The fourth-order valence-electron chi connectivity index (χ4n) is 4.05. The molecule has 1 aromatic heterocycles. The van der Waals surface area contributed by atoms with Gasteiger partial charge in [-0.2, -0.15) is 5.10 Å². The van der Waals surface area contributed by atoms with E-state index in [0.29, 0.717) is 6.04 Å². The van der Waals surface area contributed by atoms with Gasteiger partial charge in [-0.25, -0.2) is 0 Å². The third-order valence-electron chi connectivity index (χ3n) is 5.28. The molecule has 3 rings (SSSR count). The molecule has 23 heavy (non-hydrogen) atoms. The molecule has 3 heterocycles. The Hall–Kier alpha value is -0.950. The van der Waals surface area contributed by atoms with Crippen LogP contribution in [0.25, 0.3) is 0 Å². The van der Waals surface area contributed by atoms with Crippen molar-refractivity contribution in [1.29, 1.82) is 0 Å². The minimum Gasteiger partial charge on any atom is -0.390 e. The molecule has 0 aliphatic carbocycles. The van der Waals surface area contributed by atoms with Gasteiger partial charge in [-0.05, 0) is 33.2 Å². The number of aliphatic hydroxyl groups is 1. The molecule has 2 aliphatic heterocycles. The van der Waals surface area contributed by atoms with Crippen LogP contribution in [0, 0.1) is 13.8 Å². The Bertz CT molecular complexity index is 525. The van der Waals surface area contributed by atoms with Crippen LogP contribution in [0.5, 0.6) is 0 Å². The summed E-state index contributed by atoms with van der Waals surface area (Å²) in [5.74, 6) is 0. The quantitative estimate of drug-likeness (QED) is 0.872. The van der Waals surface area contributed by atoms with Crippen molar-refractivity contribution < 1.29 is 9.84 Å². The van der Waals surface area contributed by atoms with Crippen molar-refractivity contribution in [2.75, 3.05) is 45.9 Å². The summed E-state index contributed by atoms with van der Waals surface area (Å²) in [7, 11) is 2.01. The number of ether oxygens (including phenoxy) is 1. The van der Waals surface area contributed by atoms with E-state index in [4.69, 9.17) is 4.74 Å². The minimum atomic E-state index is -0.300. The fraction of sp³-hybridized carbons (Fsp3) is 0.824. The SMILES string of the molecule is Cc1nn(C)c(C)c1[C@@H]1CCCN1C[C@H](O)CN1CCOCC1. The third kappa shape index (κ3) is 3.76. The van der Waals surface area contributed by atoms with Crippen molar-refractivity contribution in [3.05, 3.63) is 17.0 Å². The molecule has 0 aromatic carbocycles. The van der Waals surface area contributed by atoms with E-state index >= 15 is 0 Å². The third-order valence-corrected chi connectivity index (χ3v) is 5.28. The summed E-state index contributed by atoms with van der Waals surface area (Å²) in [6, 6.07) is 0.406. The van der Waals surface area contributed by atoms with Gasteiger partial charge in [-0.15, -0.1) is 0 Å². The zero-order valence-corrected chi connectivity index (χ0v) is 14.7. The van der Waals surface area contributed by atoms with Crippen molar-refractivity contribution in [1.82, 2.24) is 19.6 Å². The second kappa shape index (κ2) is 7.30. The number of aryl methyl sites for hydroxylation is 2. The van der Waals surface area contributed by atoms with Crippen LogP contribution in [0.3, 0.4) is 0 Å². The minimum absolute atomic E-state index is 0.300. The number of β-amino-alcohol motifs (C(OH)–C–C–N with tert-alkyl or cyclic N) is 1. The zero-order chi connectivity index (χ0) is 16.4. The van der Waals surface area contributed by atoms with E-state index in [1.165, 1.54) is 17.7 Å². The van der Waals surface area contributed by atoms with E-state index < -0.39 is 0 Å². The van der Waals surface area contributed by atoms with Crippen molar-refractivity contribution in [3.8, 4) is 0 Å².